The zero-order chi connectivity index (χ0) is 25.9. The third-order valence-electron chi connectivity index (χ3n) is 5.46. The Bertz CT molecular complexity index is 1190. The number of nitrogens with one attached hydrogen (secondary N) is 2. The van der Waals surface area contributed by atoms with Crippen LogP contribution in [0.1, 0.15) is 23.6 Å². The van der Waals surface area contributed by atoms with E-state index >= 15 is 0 Å². The van der Waals surface area contributed by atoms with Gasteiger partial charge in [-0.25, -0.2) is 9.18 Å². The zero-order valence-corrected chi connectivity index (χ0v) is 20.2. The van der Waals surface area contributed by atoms with Gasteiger partial charge in [0.15, 0.2) is 0 Å². The molecule has 0 heterocycles. The number of carbonyl (C=O) groups is 3. The third-order valence-corrected chi connectivity index (χ3v) is 5.46. The molecular formula is C28H29FN2O5. The number of hydrogen-bond donors (Lipinski definition) is 2. The summed E-state index contributed by atoms with van der Waals surface area (Å²) in [5, 5.41) is 5.18. The van der Waals surface area contributed by atoms with E-state index in [2.05, 4.69) is 10.6 Å². The van der Waals surface area contributed by atoms with Crippen molar-refractivity contribution in [1.82, 2.24) is 10.6 Å². The fourth-order valence-electron chi connectivity index (χ4n) is 3.69. The summed E-state index contributed by atoms with van der Waals surface area (Å²) in [6.07, 6.45) is 0.0578. The monoisotopic (exact) mass is 492 g/mol. The van der Waals surface area contributed by atoms with Crippen LogP contribution in [0.25, 0.3) is 0 Å². The Balaban J connectivity index is 1.71. The first-order chi connectivity index (χ1) is 17.4. The van der Waals surface area contributed by atoms with Crippen LogP contribution in [0.15, 0.2) is 78.9 Å². The minimum Gasteiger partial charge on any atom is -0.489 e. The molecule has 188 valence electrons. The number of benzene rings is 3. The summed E-state index contributed by atoms with van der Waals surface area (Å²) in [6.45, 7) is 1.65. The molecular weight excluding hydrogens is 463 g/mol. The van der Waals surface area contributed by atoms with Gasteiger partial charge < -0.3 is 20.1 Å². The molecule has 0 fully saturated rings. The van der Waals surface area contributed by atoms with Crippen molar-refractivity contribution in [2.24, 2.45) is 0 Å². The Morgan fingerprint density at radius 1 is 0.833 bits per heavy atom. The predicted octanol–water partition coefficient (Wildman–Crippen LogP) is 3.35. The van der Waals surface area contributed by atoms with Crippen molar-refractivity contribution in [3.63, 3.8) is 0 Å². The van der Waals surface area contributed by atoms with Crippen LogP contribution in [-0.2, 0) is 38.6 Å². The number of halogens is 1. The zero-order valence-electron chi connectivity index (χ0n) is 20.2. The molecule has 0 bridgehead atoms. The summed E-state index contributed by atoms with van der Waals surface area (Å²) in [6, 6.07) is 20.8. The van der Waals surface area contributed by atoms with E-state index in [4.69, 9.17) is 9.47 Å². The summed E-state index contributed by atoms with van der Waals surface area (Å²) in [7, 11) is 1.23. The highest BCUT2D eigenvalue weighted by Crippen LogP contribution is 2.17. The molecule has 0 aliphatic carbocycles. The molecule has 0 radical (unpaired) electrons. The van der Waals surface area contributed by atoms with Gasteiger partial charge in [0.05, 0.1) is 7.11 Å². The van der Waals surface area contributed by atoms with Crippen LogP contribution in [0.2, 0.25) is 0 Å². The van der Waals surface area contributed by atoms with E-state index in [1.807, 2.05) is 36.4 Å². The van der Waals surface area contributed by atoms with Gasteiger partial charge in [0, 0.05) is 19.8 Å². The lowest BCUT2D eigenvalue weighted by atomic mass is 10.0. The van der Waals surface area contributed by atoms with Crippen molar-refractivity contribution >= 4 is 17.8 Å². The second-order valence-electron chi connectivity index (χ2n) is 8.26. The van der Waals surface area contributed by atoms with Crippen molar-refractivity contribution < 1.29 is 28.2 Å². The molecule has 0 aliphatic heterocycles. The second-order valence-corrected chi connectivity index (χ2v) is 8.26. The molecule has 8 heteroatoms. The van der Waals surface area contributed by atoms with Crippen molar-refractivity contribution in [2.75, 3.05) is 7.11 Å². The van der Waals surface area contributed by atoms with Crippen molar-refractivity contribution in [3.05, 3.63) is 101 Å². The minimum absolute atomic E-state index is 0.0746. The average molecular weight is 493 g/mol. The van der Waals surface area contributed by atoms with Crippen molar-refractivity contribution in [1.29, 1.82) is 0 Å². The van der Waals surface area contributed by atoms with Crippen LogP contribution in [-0.4, -0.2) is 37.0 Å². The van der Waals surface area contributed by atoms with E-state index in [0.717, 1.165) is 11.1 Å². The van der Waals surface area contributed by atoms with Gasteiger partial charge in [-0.3, -0.25) is 9.59 Å². The van der Waals surface area contributed by atoms with Crippen LogP contribution in [0.4, 0.5) is 4.39 Å². The standard InChI is InChI=1S/C28H29FN2O5/c1-19(32)30-25(17-22-12-6-7-14-24(22)29)27(33)31-26(28(34)35-2)16-21-11-8-13-23(15-21)36-18-20-9-4-3-5-10-20/h3-15,25-26H,16-18H2,1-2H3,(H,30,32)(H,31,33)/t25-,26+/m1/s1. The molecule has 2 N–H and O–H groups in total. The molecule has 0 saturated carbocycles. The molecule has 0 unspecified atom stereocenters. The van der Waals surface area contributed by atoms with E-state index in [1.54, 1.807) is 24.3 Å². The Kier molecular flexibility index (Phi) is 9.56. The number of carbonyl (C=O) groups excluding carboxylic acids is 3. The molecule has 0 saturated heterocycles. The molecule has 7 nitrogen and oxygen atoms in total. The summed E-state index contributed by atoms with van der Waals surface area (Å²) in [4.78, 5) is 37.3. The first kappa shape index (κ1) is 26.4. The van der Waals surface area contributed by atoms with Gasteiger partial charge in [-0.15, -0.1) is 0 Å². The molecule has 0 aromatic heterocycles. The molecule has 3 rings (SSSR count). The lowest BCUT2D eigenvalue weighted by Gasteiger charge is -2.22. The van der Waals surface area contributed by atoms with E-state index in [1.165, 1.54) is 32.2 Å². The van der Waals surface area contributed by atoms with Gasteiger partial charge in [0.1, 0.15) is 30.3 Å². The number of ether oxygens (including phenoxy) is 2. The molecule has 0 spiro atoms. The van der Waals surface area contributed by atoms with Gasteiger partial charge >= 0.3 is 5.97 Å². The van der Waals surface area contributed by atoms with Gasteiger partial charge in [-0.05, 0) is 34.9 Å². The van der Waals surface area contributed by atoms with E-state index in [-0.39, 0.29) is 18.4 Å². The molecule has 2 atom stereocenters. The number of hydrogen-bond acceptors (Lipinski definition) is 5. The SMILES string of the molecule is COC(=O)[C@H](Cc1cccc(OCc2ccccc2)c1)NC(=O)[C@@H](Cc1ccccc1F)NC(C)=O. The summed E-state index contributed by atoms with van der Waals surface area (Å²) in [5.74, 6) is -1.60. The highest BCUT2D eigenvalue weighted by molar-refractivity contribution is 5.90. The fourth-order valence-corrected chi connectivity index (χ4v) is 3.69. The van der Waals surface area contributed by atoms with Crippen LogP contribution in [0.5, 0.6) is 5.75 Å². The maximum absolute atomic E-state index is 14.2. The second kappa shape index (κ2) is 13.0. The minimum atomic E-state index is -1.08. The smallest absolute Gasteiger partial charge is 0.328 e. The average Bonchev–Trinajstić information content (AvgIpc) is 2.88. The molecule has 0 aliphatic rings. The highest BCUT2D eigenvalue weighted by Gasteiger charge is 2.28. The first-order valence-corrected chi connectivity index (χ1v) is 11.5. The normalized spacial score (nSPS) is 12.2. The van der Waals surface area contributed by atoms with Gasteiger partial charge in [0.25, 0.3) is 0 Å². The Morgan fingerprint density at radius 2 is 1.53 bits per heavy atom. The fraction of sp³-hybridized carbons (Fsp3) is 0.250. The highest BCUT2D eigenvalue weighted by atomic mass is 19.1. The molecule has 3 aromatic carbocycles. The summed E-state index contributed by atoms with van der Waals surface area (Å²) < 4.78 is 24.9. The van der Waals surface area contributed by atoms with Crippen LogP contribution >= 0.6 is 0 Å². The summed E-state index contributed by atoms with van der Waals surface area (Å²) in [5.41, 5.74) is 2.02. The molecule has 3 aromatic rings. The maximum atomic E-state index is 14.2. The Morgan fingerprint density at radius 3 is 2.22 bits per heavy atom. The molecule has 36 heavy (non-hydrogen) atoms. The van der Waals surface area contributed by atoms with Gasteiger partial charge in [0.2, 0.25) is 11.8 Å². The third kappa shape index (κ3) is 7.94. The van der Waals surface area contributed by atoms with Crippen LogP contribution < -0.4 is 15.4 Å². The van der Waals surface area contributed by atoms with E-state index < -0.39 is 35.7 Å². The topological polar surface area (TPSA) is 93.7 Å². The van der Waals surface area contributed by atoms with Crippen LogP contribution in [0.3, 0.4) is 0 Å². The van der Waals surface area contributed by atoms with E-state index in [0.29, 0.717) is 12.4 Å². The maximum Gasteiger partial charge on any atom is 0.328 e. The van der Waals surface area contributed by atoms with Crippen molar-refractivity contribution in [2.45, 2.75) is 38.5 Å². The first-order valence-electron chi connectivity index (χ1n) is 11.5. The number of rotatable bonds is 11. The Labute approximate surface area is 209 Å². The number of methoxy groups -OCH3 is 1. The Hall–Kier alpha value is -4.20. The molecule has 2 amide bonds. The van der Waals surface area contributed by atoms with Gasteiger partial charge in [-0.2, -0.15) is 0 Å². The largest absolute Gasteiger partial charge is 0.489 e. The number of amides is 2. The van der Waals surface area contributed by atoms with Crippen molar-refractivity contribution in [3.8, 4) is 5.75 Å². The lowest BCUT2D eigenvalue weighted by Crippen LogP contribution is -2.53. The number of esters is 1. The van der Waals surface area contributed by atoms with Crippen LogP contribution in [0, 0.1) is 5.82 Å². The lowest BCUT2D eigenvalue weighted by molar-refractivity contribution is -0.145. The predicted molar refractivity (Wildman–Crippen MR) is 133 cm³/mol. The van der Waals surface area contributed by atoms with Gasteiger partial charge in [-0.1, -0.05) is 60.7 Å². The quantitative estimate of drug-likeness (QED) is 0.401. The van der Waals surface area contributed by atoms with E-state index in [9.17, 15) is 18.8 Å². The summed E-state index contributed by atoms with van der Waals surface area (Å²) >= 11 is 0.